The third kappa shape index (κ3) is 5.35. The molecule has 0 aliphatic heterocycles. The Balaban J connectivity index is 1.97. The number of nitrogens with one attached hydrogen (secondary N) is 1. The standard InChI is InChI=1S/C16H12Cl3NO5S/c1-26(23,24)10-4-2-9(3-5-10)16(22)25-8-15(21)20-14-7-12(18)11(17)6-13(14)19/h2-7H,8H2,1H3,(H,20,21). The summed E-state index contributed by atoms with van der Waals surface area (Å²) in [6, 6.07) is 7.90. The number of rotatable bonds is 5. The van der Waals surface area contributed by atoms with Crippen LogP contribution in [-0.4, -0.2) is 33.2 Å². The van der Waals surface area contributed by atoms with Crippen molar-refractivity contribution in [1.29, 1.82) is 0 Å². The second kappa shape index (κ2) is 8.26. The Morgan fingerprint density at radius 2 is 1.58 bits per heavy atom. The maximum Gasteiger partial charge on any atom is 0.338 e. The van der Waals surface area contributed by atoms with Gasteiger partial charge in [0.2, 0.25) is 0 Å². The molecule has 2 rings (SSSR count). The second-order valence-electron chi connectivity index (χ2n) is 5.17. The first-order valence-electron chi connectivity index (χ1n) is 6.99. The lowest BCUT2D eigenvalue weighted by Gasteiger charge is -2.09. The summed E-state index contributed by atoms with van der Waals surface area (Å²) in [6.07, 6.45) is 1.05. The highest BCUT2D eigenvalue weighted by Crippen LogP contribution is 2.32. The molecule has 138 valence electrons. The zero-order valence-corrected chi connectivity index (χ0v) is 16.3. The quantitative estimate of drug-likeness (QED) is 0.568. The summed E-state index contributed by atoms with van der Waals surface area (Å²) in [5, 5.41) is 3.06. The first-order chi connectivity index (χ1) is 12.1. The SMILES string of the molecule is CS(=O)(=O)c1ccc(C(=O)OCC(=O)Nc2cc(Cl)c(Cl)cc2Cl)cc1. The highest BCUT2D eigenvalue weighted by Gasteiger charge is 2.14. The fraction of sp³-hybridized carbons (Fsp3) is 0.125. The van der Waals surface area contributed by atoms with Crippen molar-refractivity contribution in [3.8, 4) is 0 Å². The lowest BCUT2D eigenvalue weighted by atomic mass is 10.2. The number of carbonyl (C=O) groups excluding carboxylic acids is 2. The third-order valence-electron chi connectivity index (χ3n) is 3.14. The van der Waals surface area contributed by atoms with Crippen LogP contribution in [0.4, 0.5) is 5.69 Å². The number of hydrogen-bond acceptors (Lipinski definition) is 5. The average Bonchev–Trinajstić information content (AvgIpc) is 2.57. The molecule has 0 aliphatic rings. The maximum absolute atomic E-state index is 11.9. The van der Waals surface area contributed by atoms with Gasteiger partial charge in [0.1, 0.15) is 0 Å². The molecule has 6 nitrogen and oxygen atoms in total. The molecule has 0 fully saturated rings. The van der Waals surface area contributed by atoms with Crippen molar-refractivity contribution >= 4 is 62.2 Å². The summed E-state index contributed by atoms with van der Waals surface area (Å²) in [7, 11) is -3.37. The van der Waals surface area contributed by atoms with E-state index in [2.05, 4.69) is 5.32 Å². The second-order valence-corrected chi connectivity index (χ2v) is 8.40. The van der Waals surface area contributed by atoms with Gasteiger partial charge in [-0.2, -0.15) is 0 Å². The molecule has 26 heavy (non-hydrogen) atoms. The monoisotopic (exact) mass is 435 g/mol. The summed E-state index contributed by atoms with van der Waals surface area (Å²) in [6.45, 7) is -0.566. The maximum atomic E-state index is 11.9. The molecule has 0 atom stereocenters. The zero-order valence-electron chi connectivity index (χ0n) is 13.3. The molecular weight excluding hydrogens is 425 g/mol. The van der Waals surface area contributed by atoms with Crippen LogP contribution in [-0.2, 0) is 19.4 Å². The molecule has 1 N–H and O–H groups in total. The van der Waals surface area contributed by atoms with E-state index in [0.717, 1.165) is 6.26 Å². The Kier molecular flexibility index (Phi) is 6.52. The number of anilines is 1. The molecule has 0 radical (unpaired) electrons. The van der Waals surface area contributed by atoms with Gasteiger partial charge in [-0.05, 0) is 36.4 Å². The average molecular weight is 437 g/mol. The summed E-state index contributed by atoms with van der Waals surface area (Å²) in [5.41, 5.74) is 0.331. The van der Waals surface area contributed by atoms with E-state index in [-0.39, 0.29) is 31.2 Å². The van der Waals surface area contributed by atoms with Crippen LogP contribution >= 0.6 is 34.8 Å². The van der Waals surface area contributed by atoms with Crippen LogP contribution in [0, 0.1) is 0 Å². The molecule has 2 aromatic rings. The van der Waals surface area contributed by atoms with Gasteiger partial charge < -0.3 is 10.1 Å². The van der Waals surface area contributed by atoms with Crippen LogP contribution in [0.2, 0.25) is 15.1 Å². The van der Waals surface area contributed by atoms with Crippen LogP contribution in [0.3, 0.4) is 0 Å². The fourth-order valence-corrected chi connectivity index (χ4v) is 3.08. The van der Waals surface area contributed by atoms with Gasteiger partial charge in [0.25, 0.3) is 5.91 Å². The van der Waals surface area contributed by atoms with E-state index >= 15 is 0 Å². The van der Waals surface area contributed by atoms with Gasteiger partial charge in [0.15, 0.2) is 16.4 Å². The van der Waals surface area contributed by atoms with Gasteiger partial charge in [-0.25, -0.2) is 13.2 Å². The van der Waals surface area contributed by atoms with Crippen molar-refractivity contribution in [2.75, 3.05) is 18.2 Å². The van der Waals surface area contributed by atoms with Gasteiger partial charge >= 0.3 is 5.97 Å². The van der Waals surface area contributed by atoms with Crippen molar-refractivity contribution < 1.29 is 22.7 Å². The third-order valence-corrected chi connectivity index (χ3v) is 5.30. The lowest BCUT2D eigenvalue weighted by molar-refractivity contribution is -0.119. The summed E-state index contributed by atoms with van der Waals surface area (Å²) in [4.78, 5) is 23.9. The molecule has 0 heterocycles. The lowest BCUT2D eigenvalue weighted by Crippen LogP contribution is -2.21. The van der Waals surface area contributed by atoms with Crippen LogP contribution in [0.15, 0.2) is 41.3 Å². The number of benzene rings is 2. The number of amides is 1. The van der Waals surface area contributed by atoms with E-state index in [1.54, 1.807) is 0 Å². The number of ether oxygens (including phenoxy) is 1. The van der Waals surface area contributed by atoms with Gasteiger partial charge in [-0.15, -0.1) is 0 Å². The zero-order chi connectivity index (χ0) is 19.5. The van der Waals surface area contributed by atoms with E-state index in [9.17, 15) is 18.0 Å². The minimum absolute atomic E-state index is 0.0704. The van der Waals surface area contributed by atoms with Crippen molar-refractivity contribution in [2.45, 2.75) is 4.90 Å². The van der Waals surface area contributed by atoms with Gasteiger partial charge in [0.05, 0.1) is 31.2 Å². The molecule has 10 heteroatoms. The summed E-state index contributed by atoms with van der Waals surface area (Å²) in [5.74, 6) is -1.41. The van der Waals surface area contributed by atoms with Gasteiger partial charge in [-0.3, -0.25) is 4.79 Å². The van der Waals surface area contributed by atoms with Crippen LogP contribution < -0.4 is 5.32 Å². The molecule has 1 amide bonds. The minimum atomic E-state index is -3.37. The molecule has 0 aliphatic carbocycles. The Morgan fingerprint density at radius 1 is 1.00 bits per heavy atom. The summed E-state index contributed by atoms with van der Waals surface area (Å²) < 4.78 is 27.6. The summed E-state index contributed by atoms with van der Waals surface area (Å²) >= 11 is 17.6. The normalized spacial score (nSPS) is 11.1. The highest BCUT2D eigenvalue weighted by atomic mass is 35.5. The first-order valence-corrected chi connectivity index (χ1v) is 10.0. The number of carbonyl (C=O) groups is 2. The van der Waals surface area contributed by atoms with Crippen LogP contribution in [0.1, 0.15) is 10.4 Å². The highest BCUT2D eigenvalue weighted by molar-refractivity contribution is 7.90. The van der Waals surface area contributed by atoms with Crippen LogP contribution in [0.25, 0.3) is 0 Å². The number of sulfone groups is 1. The van der Waals surface area contributed by atoms with E-state index in [1.165, 1.54) is 36.4 Å². The van der Waals surface area contributed by atoms with Crippen molar-refractivity contribution in [3.05, 3.63) is 57.0 Å². The molecule has 0 aromatic heterocycles. The Labute approximate surface area is 164 Å². The van der Waals surface area contributed by atoms with E-state index in [4.69, 9.17) is 39.5 Å². The van der Waals surface area contributed by atoms with E-state index < -0.39 is 28.3 Å². The van der Waals surface area contributed by atoms with Crippen molar-refractivity contribution in [2.24, 2.45) is 0 Å². The predicted molar refractivity (Wildman–Crippen MR) is 99.9 cm³/mol. The number of hydrogen-bond donors (Lipinski definition) is 1. The fourth-order valence-electron chi connectivity index (χ4n) is 1.86. The predicted octanol–water partition coefficient (Wildman–Crippen LogP) is 3.85. The van der Waals surface area contributed by atoms with Gasteiger partial charge in [0, 0.05) is 6.26 Å². The molecule has 0 bridgehead atoms. The molecule has 2 aromatic carbocycles. The van der Waals surface area contributed by atoms with E-state index in [1.807, 2.05) is 0 Å². The Bertz CT molecular complexity index is 959. The minimum Gasteiger partial charge on any atom is -0.452 e. The molecule has 0 spiro atoms. The number of halogens is 3. The van der Waals surface area contributed by atoms with Gasteiger partial charge in [-0.1, -0.05) is 34.8 Å². The topological polar surface area (TPSA) is 89.5 Å². The molecular formula is C16H12Cl3NO5S. The van der Waals surface area contributed by atoms with Crippen molar-refractivity contribution in [1.82, 2.24) is 0 Å². The largest absolute Gasteiger partial charge is 0.452 e. The Morgan fingerprint density at radius 3 is 2.15 bits per heavy atom. The van der Waals surface area contributed by atoms with Crippen LogP contribution in [0.5, 0.6) is 0 Å². The van der Waals surface area contributed by atoms with Crippen molar-refractivity contribution in [3.63, 3.8) is 0 Å². The van der Waals surface area contributed by atoms with E-state index in [0.29, 0.717) is 0 Å². The Hall–Kier alpha value is -1.80. The molecule has 0 unspecified atom stereocenters. The first kappa shape index (κ1) is 20.5. The molecule has 0 saturated carbocycles. The smallest absolute Gasteiger partial charge is 0.338 e. The molecule has 0 saturated heterocycles. The number of esters is 1.